The van der Waals surface area contributed by atoms with Crippen LogP contribution in [0, 0.1) is 0 Å². The normalized spacial score (nSPS) is 13.0. The van der Waals surface area contributed by atoms with Gasteiger partial charge in [-0.25, -0.2) is 0 Å². The van der Waals surface area contributed by atoms with E-state index in [0.29, 0.717) is 0 Å². The Morgan fingerprint density at radius 1 is 0.329 bits per heavy atom. The Kier molecular flexibility index (Phi) is 9.82. The van der Waals surface area contributed by atoms with Gasteiger partial charge in [-0.15, -0.1) is 0 Å². The van der Waals surface area contributed by atoms with Crippen LogP contribution in [0.3, 0.4) is 0 Å². The molecule has 1 aliphatic rings. The zero-order chi connectivity index (χ0) is 47.1. The first-order chi connectivity index (χ1) is 34.5. The summed E-state index contributed by atoms with van der Waals surface area (Å²) in [5, 5.41) is 12.6. The summed E-state index contributed by atoms with van der Waals surface area (Å²) in [6.07, 6.45) is 5.48. The highest BCUT2D eigenvalue weighted by molar-refractivity contribution is 6.25. The summed E-state index contributed by atoms with van der Waals surface area (Å²) in [7, 11) is 0. The molecule has 0 aliphatic heterocycles. The number of fused-ring (bicyclic) bond motifs is 8. The third-order valence-electron chi connectivity index (χ3n) is 15.6. The third-order valence-corrected chi connectivity index (χ3v) is 15.6. The van der Waals surface area contributed by atoms with Crippen LogP contribution in [-0.4, -0.2) is 0 Å². The van der Waals surface area contributed by atoms with Crippen LogP contribution in [-0.2, 0) is 11.8 Å². The Hall–Kier alpha value is -8.32. The molecule has 0 bridgehead atoms. The average Bonchev–Trinajstić information content (AvgIpc) is 3.64. The number of allylic oxidation sites excluding steroid dienone is 1. The summed E-state index contributed by atoms with van der Waals surface area (Å²) < 4.78 is 0. The van der Waals surface area contributed by atoms with E-state index in [0.717, 1.165) is 6.42 Å². The van der Waals surface area contributed by atoms with E-state index in [2.05, 4.69) is 258 Å². The van der Waals surface area contributed by atoms with E-state index in [1.54, 1.807) is 0 Å². The molecule has 0 aromatic heterocycles. The first kappa shape index (κ1) is 41.8. The molecule has 0 atom stereocenters. The minimum Gasteiger partial charge on any atom is -0.0870 e. The Bertz CT molecular complexity index is 4070. The van der Waals surface area contributed by atoms with Crippen molar-refractivity contribution in [1.29, 1.82) is 0 Å². The summed E-state index contributed by atoms with van der Waals surface area (Å²) in [5.41, 5.74) is 20.8. The van der Waals surface area contributed by atoms with Gasteiger partial charge in [0.15, 0.2) is 0 Å². The van der Waals surface area contributed by atoms with Gasteiger partial charge in [-0.05, 0) is 162 Å². The highest BCUT2D eigenvalue weighted by Crippen LogP contribution is 2.53. The van der Waals surface area contributed by atoms with E-state index >= 15 is 0 Å². The van der Waals surface area contributed by atoms with E-state index in [1.807, 2.05) is 0 Å². The number of rotatable bonds is 7. The smallest absolute Gasteiger partial charge is 0.0159 e. The van der Waals surface area contributed by atoms with E-state index < -0.39 is 0 Å². The van der Waals surface area contributed by atoms with Gasteiger partial charge in [0.05, 0.1) is 0 Å². The standard InChI is InChI=1S/C70H52/c1-5-22-55-46(6-2)68(59-33-17-16-32-58(59)67(55)45-37-38-54-53-29-20-21-36-64(53)70(3,4)65(54)43-45)62-41-39-51(47-25-10-12-27-49(47)62)52-40-42-63(50-28-13-11-26-48(50)52)69-60-34-18-14-30-56(60)66(44-23-8-7-9-24-44)57-31-15-19-35-61(57)69/h5,7-43H,6H2,1-4H3/b22-5-. The highest BCUT2D eigenvalue weighted by atomic mass is 14.4. The minimum atomic E-state index is -0.0881. The SMILES string of the molecule is C/C=C\c1c(CC)c(-c2ccc(-c3ccc(-c4c5ccccc5c(-c5ccccc5)c5ccccc45)c4ccccc34)c3ccccc23)c2ccccc2c1-c1ccc2c(c1)C(C)(C)c1ccccc1-2. The first-order valence-electron chi connectivity index (χ1n) is 24.9. The van der Waals surface area contributed by atoms with Crippen molar-refractivity contribution < 1.29 is 0 Å². The molecule has 0 heteroatoms. The molecule has 0 heterocycles. The zero-order valence-electron chi connectivity index (χ0n) is 40.1. The van der Waals surface area contributed by atoms with E-state index in [-0.39, 0.29) is 5.41 Å². The predicted molar refractivity (Wildman–Crippen MR) is 303 cm³/mol. The second kappa shape index (κ2) is 16.4. The fourth-order valence-electron chi connectivity index (χ4n) is 12.5. The third kappa shape index (κ3) is 6.23. The number of hydrogen-bond acceptors (Lipinski definition) is 0. The second-order valence-corrected chi connectivity index (χ2v) is 19.6. The first-order valence-corrected chi connectivity index (χ1v) is 24.9. The average molecular weight is 893 g/mol. The second-order valence-electron chi connectivity index (χ2n) is 19.6. The van der Waals surface area contributed by atoms with Crippen molar-refractivity contribution in [2.75, 3.05) is 0 Å². The van der Waals surface area contributed by atoms with Crippen molar-refractivity contribution in [2.45, 2.75) is 39.5 Å². The van der Waals surface area contributed by atoms with Crippen molar-refractivity contribution in [3.8, 4) is 66.8 Å². The van der Waals surface area contributed by atoms with Crippen molar-refractivity contribution in [2.24, 2.45) is 0 Å². The quantitative estimate of drug-likeness (QED) is 0.140. The topological polar surface area (TPSA) is 0 Å². The molecule has 0 saturated carbocycles. The lowest BCUT2D eigenvalue weighted by molar-refractivity contribution is 0.660. The van der Waals surface area contributed by atoms with E-state index in [4.69, 9.17) is 0 Å². The van der Waals surface area contributed by atoms with Crippen LogP contribution in [0.25, 0.3) is 127 Å². The van der Waals surface area contributed by atoms with Crippen LogP contribution in [0.1, 0.15) is 49.9 Å². The molecule has 1 aliphatic carbocycles. The van der Waals surface area contributed by atoms with Crippen molar-refractivity contribution in [3.05, 3.63) is 247 Å². The Labute approximate surface area is 410 Å². The van der Waals surface area contributed by atoms with Gasteiger partial charge in [-0.3, -0.25) is 0 Å². The summed E-state index contributed by atoms with van der Waals surface area (Å²) in [5.74, 6) is 0. The molecule has 0 nitrogen and oxygen atoms in total. The predicted octanol–water partition coefficient (Wildman–Crippen LogP) is 19.7. The molecule has 0 N–H and O–H groups in total. The molecule has 0 amide bonds. The van der Waals surface area contributed by atoms with Crippen LogP contribution < -0.4 is 0 Å². The Balaban J connectivity index is 1.01. The summed E-state index contributed by atoms with van der Waals surface area (Å²) >= 11 is 0. The van der Waals surface area contributed by atoms with Crippen LogP contribution in [0.4, 0.5) is 0 Å². The van der Waals surface area contributed by atoms with Crippen LogP contribution in [0.2, 0.25) is 0 Å². The maximum atomic E-state index is 2.49. The van der Waals surface area contributed by atoms with Crippen LogP contribution >= 0.6 is 0 Å². The van der Waals surface area contributed by atoms with Gasteiger partial charge < -0.3 is 0 Å². The molecule has 12 aromatic rings. The van der Waals surface area contributed by atoms with Gasteiger partial charge >= 0.3 is 0 Å². The van der Waals surface area contributed by atoms with Gasteiger partial charge in [0.25, 0.3) is 0 Å². The lowest BCUT2D eigenvalue weighted by Gasteiger charge is -2.25. The summed E-state index contributed by atoms with van der Waals surface area (Å²) in [6.45, 7) is 9.25. The molecule has 0 saturated heterocycles. The fraction of sp³-hybridized carbons (Fsp3) is 0.0857. The summed E-state index contributed by atoms with van der Waals surface area (Å²) in [4.78, 5) is 0. The van der Waals surface area contributed by atoms with E-state index in [1.165, 1.54) is 143 Å². The lowest BCUT2D eigenvalue weighted by atomic mass is 9.78. The van der Waals surface area contributed by atoms with Crippen molar-refractivity contribution in [1.82, 2.24) is 0 Å². The molecule has 13 rings (SSSR count). The van der Waals surface area contributed by atoms with Crippen LogP contribution in [0.5, 0.6) is 0 Å². The molecule has 332 valence electrons. The lowest BCUT2D eigenvalue weighted by Crippen LogP contribution is -2.15. The number of benzene rings is 12. The van der Waals surface area contributed by atoms with Crippen LogP contribution in [0.15, 0.2) is 224 Å². The van der Waals surface area contributed by atoms with Gasteiger partial charge in [-0.1, -0.05) is 245 Å². The van der Waals surface area contributed by atoms with Gasteiger partial charge in [0, 0.05) is 5.41 Å². The van der Waals surface area contributed by atoms with Gasteiger partial charge in [0.2, 0.25) is 0 Å². The highest BCUT2D eigenvalue weighted by Gasteiger charge is 2.36. The van der Waals surface area contributed by atoms with Crippen molar-refractivity contribution >= 4 is 59.9 Å². The number of hydrogen-bond donors (Lipinski definition) is 0. The molecule has 0 radical (unpaired) electrons. The minimum absolute atomic E-state index is 0.0881. The Morgan fingerprint density at radius 2 is 0.729 bits per heavy atom. The van der Waals surface area contributed by atoms with Crippen molar-refractivity contribution in [3.63, 3.8) is 0 Å². The molecule has 0 spiro atoms. The summed E-state index contributed by atoms with van der Waals surface area (Å²) in [6, 6.07) is 81.9. The maximum absolute atomic E-state index is 2.49. The molecular formula is C70H52. The largest absolute Gasteiger partial charge is 0.0870 e. The van der Waals surface area contributed by atoms with Gasteiger partial charge in [0.1, 0.15) is 0 Å². The molecule has 12 aromatic carbocycles. The van der Waals surface area contributed by atoms with E-state index in [9.17, 15) is 0 Å². The Morgan fingerprint density at radius 3 is 1.27 bits per heavy atom. The zero-order valence-corrected chi connectivity index (χ0v) is 40.1. The molecular weight excluding hydrogens is 841 g/mol. The fourth-order valence-corrected chi connectivity index (χ4v) is 12.5. The van der Waals surface area contributed by atoms with Gasteiger partial charge in [-0.2, -0.15) is 0 Å². The molecule has 0 unspecified atom stereocenters. The molecule has 70 heavy (non-hydrogen) atoms. The monoisotopic (exact) mass is 892 g/mol. The maximum Gasteiger partial charge on any atom is 0.0159 e. The molecule has 0 fully saturated rings.